The highest BCUT2D eigenvalue weighted by Gasteiger charge is 2.37. The van der Waals surface area contributed by atoms with Gasteiger partial charge in [0.05, 0.1) is 25.1 Å². The lowest BCUT2D eigenvalue weighted by Gasteiger charge is -2.33. The van der Waals surface area contributed by atoms with Crippen molar-refractivity contribution in [1.82, 2.24) is 25.1 Å². The number of nitrogens with zero attached hydrogens (tertiary/aromatic N) is 3. The van der Waals surface area contributed by atoms with Crippen LogP contribution in [0.25, 0.3) is 0 Å². The first-order valence-corrected chi connectivity index (χ1v) is 17.2. The van der Waals surface area contributed by atoms with E-state index in [0.29, 0.717) is 44.0 Å². The Labute approximate surface area is 313 Å². The van der Waals surface area contributed by atoms with Gasteiger partial charge >= 0.3 is 12.3 Å². The topological polar surface area (TPSA) is 144 Å². The second-order valence-electron chi connectivity index (χ2n) is 14.6. The van der Waals surface area contributed by atoms with E-state index in [-0.39, 0.29) is 32.0 Å². The van der Waals surface area contributed by atoms with E-state index in [1.54, 1.807) is 20.8 Å². The number of piperidine rings is 1. The number of ether oxygens (including phenoxy) is 2. The van der Waals surface area contributed by atoms with Gasteiger partial charge in [0.2, 0.25) is 11.8 Å². The van der Waals surface area contributed by atoms with Gasteiger partial charge in [-0.05, 0) is 71.1 Å². The van der Waals surface area contributed by atoms with Gasteiger partial charge in [-0.15, -0.1) is 0 Å². The van der Waals surface area contributed by atoms with Gasteiger partial charge in [0.15, 0.2) is 5.82 Å². The van der Waals surface area contributed by atoms with Gasteiger partial charge in [-0.1, -0.05) is 50.7 Å². The number of amides is 4. The predicted molar refractivity (Wildman–Crippen MR) is 194 cm³/mol. The Morgan fingerprint density at radius 2 is 1.63 bits per heavy atom. The summed E-state index contributed by atoms with van der Waals surface area (Å²) in [5.41, 5.74) is -3.08. The summed E-state index contributed by atoms with van der Waals surface area (Å²) >= 11 is 0. The fourth-order valence-electron chi connectivity index (χ4n) is 5.51. The molecule has 2 heterocycles. The highest BCUT2D eigenvalue weighted by molar-refractivity contribution is 5.98. The molecule has 3 aromatic rings. The number of benzene rings is 2. The zero-order valence-electron chi connectivity index (χ0n) is 30.6. The van der Waals surface area contributed by atoms with Crippen molar-refractivity contribution < 1.29 is 46.2 Å². The third-order valence-electron chi connectivity index (χ3n) is 8.50. The average molecular weight is 763 g/mol. The molecule has 2 atom stereocenters. The lowest BCUT2D eigenvalue weighted by atomic mass is 9.97. The number of likely N-dealkylation sites (tertiary alicyclic amines) is 1. The molecule has 1 aliphatic heterocycles. The first-order valence-electron chi connectivity index (χ1n) is 17.2. The number of hydrogen-bond acceptors (Lipinski definition) is 7. The van der Waals surface area contributed by atoms with E-state index in [2.05, 4.69) is 20.9 Å². The van der Waals surface area contributed by atoms with E-state index in [0.717, 1.165) is 18.0 Å². The Morgan fingerprint density at radius 1 is 0.981 bits per heavy atom. The van der Waals surface area contributed by atoms with Crippen molar-refractivity contribution in [3.8, 4) is 0 Å². The van der Waals surface area contributed by atoms with Gasteiger partial charge in [-0.3, -0.25) is 14.4 Å². The molecule has 4 amide bonds. The number of hydrogen-bond donors (Lipinski definition) is 3. The van der Waals surface area contributed by atoms with Crippen LogP contribution in [-0.2, 0) is 36.6 Å². The summed E-state index contributed by atoms with van der Waals surface area (Å²) in [5, 5.41) is 7.65. The molecule has 0 radical (unpaired) electrons. The fraction of sp³-hybridized carbons (Fsp3) is 0.500. The third kappa shape index (κ3) is 12.0. The van der Waals surface area contributed by atoms with Gasteiger partial charge < -0.3 is 34.9 Å². The normalized spacial score (nSPS) is 15.0. The molecule has 1 saturated heterocycles. The minimum atomic E-state index is -4.80. The Morgan fingerprint density at radius 3 is 2.22 bits per heavy atom. The first kappa shape index (κ1) is 43.4. The zero-order chi connectivity index (χ0) is 39.1. The van der Waals surface area contributed by atoms with Gasteiger partial charge in [0.25, 0.3) is 5.91 Å². The largest absolute Gasteiger partial charge is 0.444 e. The van der Waals surface area contributed by atoms with Crippen molar-refractivity contribution in [2.75, 3.05) is 25.0 Å². The van der Waals surface area contributed by atoms with E-state index < -0.39 is 64.6 Å². The molecule has 3 N–H and O–H groups in total. The van der Waals surface area contributed by atoms with Gasteiger partial charge in [0.1, 0.15) is 29.0 Å². The van der Waals surface area contributed by atoms with E-state index in [4.69, 9.17) is 9.47 Å². The number of rotatable bonds is 12. The molecule has 296 valence electrons. The molecule has 1 aliphatic rings. The van der Waals surface area contributed by atoms with Crippen molar-refractivity contribution in [3.05, 3.63) is 83.6 Å². The molecule has 12 nitrogen and oxygen atoms in total. The molecule has 0 aliphatic carbocycles. The zero-order valence-corrected chi connectivity index (χ0v) is 30.6. The molecule has 16 heteroatoms. The summed E-state index contributed by atoms with van der Waals surface area (Å²) < 4.78 is 67.7. The van der Waals surface area contributed by atoms with Crippen LogP contribution in [-0.4, -0.2) is 75.1 Å². The number of nitrogens with one attached hydrogen (secondary N) is 3. The molecule has 54 heavy (non-hydrogen) atoms. The van der Waals surface area contributed by atoms with E-state index >= 15 is 4.39 Å². The van der Waals surface area contributed by atoms with Crippen molar-refractivity contribution in [2.45, 2.75) is 97.8 Å². The predicted octanol–water partition coefficient (Wildman–Crippen LogP) is 6.47. The lowest BCUT2D eigenvalue weighted by molar-refractivity contribution is -0.137. The highest BCUT2D eigenvalue weighted by atomic mass is 19.4. The highest BCUT2D eigenvalue weighted by Crippen LogP contribution is 2.33. The Balaban J connectivity index is 0.00000784. The van der Waals surface area contributed by atoms with Crippen LogP contribution in [0.2, 0.25) is 0 Å². The fourth-order valence-corrected chi connectivity index (χ4v) is 5.51. The summed E-state index contributed by atoms with van der Waals surface area (Å²) in [4.78, 5) is 59.1. The Hall–Kier alpha value is -4.99. The number of imidazole rings is 1. The van der Waals surface area contributed by atoms with Crippen LogP contribution in [0.1, 0.15) is 84.5 Å². The Bertz CT molecular complexity index is 1750. The number of carbonyl (C=O) groups excluding carboxylic acids is 4. The molecule has 1 aromatic heterocycles. The van der Waals surface area contributed by atoms with Gasteiger partial charge in [0, 0.05) is 24.8 Å². The minimum absolute atomic E-state index is 0. The van der Waals surface area contributed by atoms with Crippen LogP contribution in [0.15, 0.2) is 61.1 Å². The molecule has 2 unspecified atom stereocenters. The van der Waals surface area contributed by atoms with Crippen LogP contribution in [0.3, 0.4) is 0 Å². The molecular formula is C38H50F4N6O6. The molecular weight excluding hydrogens is 712 g/mol. The van der Waals surface area contributed by atoms with Crippen LogP contribution in [0.4, 0.5) is 28.2 Å². The monoisotopic (exact) mass is 762 g/mol. The maximum Gasteiger partial charge on any atom is 0.416 e. The lowest BCUT2D eigenvalue weighted by Crippen LogP contribution is -2.59. The van der Waals surface area contributed by atoms with E-state index in [1.807, 2.05) is 37.3 Å². The van der Waals surface area contributed by atoms with Gasteiger partial charge in [-0.25, -0.2) is 14.2 Å². The Kier molecular flexibility index (Phi) is 14.4. The summed E-state index contributed by atoms with van der Waals surface area (Å²) in [6, 6.07) is 8.30. The molecule has 0 bridgehead atoms. The second kappa shape index (κ2) is 17.9. The van der Waals surface area contributed by atoms with Crippen molar-refractivity contribution in [3.63, 3.8) is 0 Å². The maximum absolute atomic E-state index is 15.4. The van der Waals surface area contributed by atoms with Crippen LogP contribution < -0.4 is 16.0 Å². The second-order valence-corrected chi connectivity index (χ2v) is 14.6. The minimum Gasteiger partial charge on any atom is -0.444 e. The van der Waals surface area contributed by atoms with Crippen molar-refractivity contribution in [1.29, 1.82) is 0 Å². The summed E-state index contributed by atoms with van der Waals surface area (Å²) in [6.07, 6.45) is -1.84. The third-order valence-corrected chi connectivity index (χ3v) is 8.50. The summed E-state index contributed by atoms with van der Waals surface area (Å²) in [6.45, 7) is 10.4. The molecule has 0 spiro atoms. The number of aromatic nitrogens is 2. The number of halogens is 4. The standard InChI is InChI=1S/C37H46F4N6O6.CH4/c1-23-14-16-46(17-15-23)32(49)30(26-13-12-25(18-27(26)38)37(39,40)41)47-19-29(42-22-47)44-31(48)28(21-52-20-24-10-8-7-9-11-24)43-33(50)36(5,6)45-34(51)53-35(2,3)4;/h7-13,18-19,22-23,28,30H,14-17,20-21H2,1-6H3,(H,43,50)(H,44,48)(H,45,51);1H4. The molecule has 4 rings (SSSR count). The number of alkyl halides is 3. The quantitative estimate of drug-likeness (QED) is 0.180. The maximum atomic E-state index is 15.4. The summed E-state index contributed by atoms with van der Waals surface area (Å²) in [7, 11) is 0. The van der Waals surface area contributed by atoms with Crippen LogP contribution in [0, 0.1) is 11.7 Å². The molecule has 1 fully saturated rings. The van der Waals surface area contributed by atoms with Crippen LogP contribution >= 0.6 is 0 Å². The summed E-state index contributed by atoms with van der Waals surface area (Å²) in [5.74, 6) is -3.04. The van der Waals surface area contributed by atoms with Crippen molar-refractivity contribution >= 4 is 29.6 Å². The number of carbonyl (C=O) groups is 4. The SMILES string of the molecule is C.CC1CCN(C(=O)C(c2ccc(C(F)(F)F)cc2F)n2cnc(NC(=O)C(COCc3ccccc3)NC(=O)C(C)(C)NC(=O)OC(C)(C)C)c2)CC1. The molecule has 2 aromatic carbocycles. The van der Waals surface area contributed by atoms with E-state index in [1.165, 1.54) is 29.5 Å². The smallest absolute Gasteiger partial charge is 0.416 e. The van der Waals surface area contributed by atoms with Crippen LogP contribution in [0.5, 0.6) is 0 Å². The average Bonchev–Trinajstić information content (AvgIpc) is 3.51. The number of alkyl carbamates (subject to hydrolysis) is 1. The molecule has 0 saturated carbocycles. The number of anilines is 1. The van der Waals surface area contributed by atoms with Crippen molar-refractivity contribution in [2.24, 2.45) is 5.92 Å². The first-order chi connectivity index (χ1) is 24.7. The van der Waals surface area contributed by atoms with Gasteiger partial charge in [-0.2, -0.15) is 13.2 Å². The van der Waals surface area contributed by atoms with E-state index in [9.17, 15) is 32.3 Å².